The van der Waals surface area contributed by atoms with Gasteiger partial charge in [0.1, 0.15) is 0 Å². The molecule has 6 nitrogen and oxygen atoms in total. The molecule has 54 heavy (non-hydrogen) atoms. The summed E-state index contributed by atoms with van der Waals surface area (Å²) in [5.41, 5.74) is 10.00. The monoisotopic (exact) mass is 730 g/mol. The molecular weight excluding hydrogens is 705 g/mol. The Morgan fingerprint density at radius 3 is 1.31 bits per heavy atom. The van der Waals surface area contributed by atoms with Gasteiger partial charge >= 0.3 is 0 Å². The summed E-state index contributed by atoms with van der Waals surface area (Å²) >= 11 is 3.24. The van der Waals surface area contributed by atoms with Crippen molar-refractivity contribution in [1.29, 1.82) is 10.5 Å². The molecule has 0 atom stereocenters. The minimum absolute atomic E-state index is 0.0916. The zero-order chi connectivity index (χ0) is 37.8. The van der Waals surface area contributed by atoms with Crippen LogP contribution in [-0.4, -0.2) is 11.6 Å². The highest BCUT2D eigenvalue weighted by atomic mass is 32.1. The van der Waals surface area contributed by atoms with E-state index in [0.29, 0.717) is 44.5 Å². The third-order valence-electron chi connectivity index (χ3n) is 11.2. The van der Waals surface area contributed by atoms with Gasteiger partial charge in [0, 0.05) is 63.8 Å². The zero-order valence-corrected chi connectivity index (χ0v) is 31.1. The molecule has 0 bridgehead atoms. The molecule has 2 heterocycles. The molecule has 0 N–H and O–H groups in total. The van der Waals surface area contributed by atoms with E-state index in [0.717, 1.165) is 30.6 Å². The summed E-state index contributed by atoms with van der Waals surface area (Å²) in [5, 5.41) is 19.6. The maximum absolute atomic E-state index is 13.6. The van der Waals surface area contributed by atoms with Crippen LogP contribution in [0.4, 0.5) is 0 Å². The molecule has 0 fully saturated rings. The molecule has 0 radical (unpaired) electrons. The average molecular weight is 731 g/mol. The highest BCUT2D eigenvalue weighted by Gasteiger charge is 2.44. The second kappa shape index (κ2) is 11.4. The van der Waals surface area contributed by atoms with Crippen LogP contribution in [0, 0.1) is 35.8 Å². The smallest absolute Gasteiger partial charge is 0.270 e. The van der Waals surface area contributed by atoms with Crippen LogP contribution in [0.15, 0.2) is 95.3 Å². The number of ketones is 2. The van der Waals surface area contributed by atoms with Crippen LogP contribution in [0.2, 0.25) is 0 Å². The molecule has 3 aromatic carbocycles. The van der Waals surface area contributed by atoms with Crippen molar-refractivity contribution in [3.8, 4) is 33.0 Å². The molecule has 254 valence electrons. The van der Waals surface area contributed by atoms with Crippen molar-refractivity contribution >= 4 is 57.5 Å². The summed E-state index contributed by atoms with van der Waals surface area (Å²) in [6.07, 6.45) is 3.69. The number of fused-ring (bicyclic) bond motifs is 8. The first kappa shape index (κ1) is 33.2. The van der Waals surface area contributed by atoms with Gasteiger partial charge in [-0.3, -0.25) is 9.59 Å². The average Bonchev–Trinajstić information content (AvgIpc) is 3.98. The molecule has 5 aromatic rings. The minimum Gasteiger partial charge on any atom is -0.289 e. The number of carbonyl (C=O) groups excluding carboxylic acids is 2. The van der Waals surface area contributed by atoms with E-state index in [2.05, 4.69) is 61.7 Å². The zero-order valence-electron chi connectivity index (χ0n) is 29.5. The SMILES string of the molecule is [C-]#[N+]/C(C#N)=C1\C(=C\c2cc3c(s2)-c2cc4c(cc2C3(C)C)-c2sc(/C=C3\C(=O)c5ccccc5\C3=C(\C#N)[N+]#[C-])cc2C4(C)C)C(=O)c2ccccc21. The lowest BCUT2D eigenvalue weighted by Crippen LogP contribution is -2.16. The van der Waals surface area contributed by atoms with Crippen molar-refractivity contribution < 1.29 is 9.59 Å². The molecular formula is C46H26N4O2S2. The third kappa shape index (κ3) is 4.33. The van der Waals surface area contributed by atoms with Gasteiger partial charge in [0.2, 0.25) is 0 Å². The standard InChI is InChI=1S/C46H26N4O2S2/c1-45(2)33-19-30-34(20-29(33)43-35(45)17-23(53-43)15-31-39(37(21-47)49-5)25-11-7-9-13-27(25)41(31)51)46(3,4)36-18-24(54-44(30)36)16-32-40(38(22-48)50-6)26-12-8-10-14-28(26)42(32)52/h7-20H,1-4H3/b31-15-,32-16-,39-37-,40-38+. The molecule has 4 aliphatic carbocycles. The Hall–Kier alpha value is -6.68. The first-order chi connectivity index (χ1) is 25.9. The summed E-state index contributed by atoms with van der Waals surface area (Å²) in [4.78, 5) is 38.3. The molecule has 0 spiro atoms. The number of rotatable bonds is 2. The van der Waals surface area contributed by atoms with Crippen LogP contribution in [-0.2, 0) is 10.8 Å². The Kier molecular flexibility index (Phi) is 7.01. The summed E-state index contributed by atoms with van der Waals surface area (Å²) in [5.74, 6) is -0.367. The van der Waals surface area contributed by atoms with Crippen LogP contribution in [0.1, 0.15) is 91.5 Å². The Balaban J connectivity index is 1.14. The maximum Gasteiger partial charge on any atom is 0.270 e. The van der Waals surface area contributed by atoms with Crippen molar-refractivity contribution in [3.05, 3.63) is 172 Å². The van der Waals surface area contributed by atoms with Crippen LogP contribution >= 0.6 is 22.7 Å². The Labute approximate surface area is 320 Å². The Bertz CT molecular complexity index is 2730. The lowest BCUT2D eigenvalue weighted by atomic mass is 9.79. The van der Waals surface area contributed by atoms with Crippen molar-refractivity contribution in [2.75, 3.05) is 0 Å². The summed E-state index contributed by atoms with van der Waals surface area (Å²) < 4.78 is 0. The van der Waals surface area contributed by atoms with E-state index >= 15 is 0 Å². The number of Topliss-reactive ketones (excluding diaryl/α,β-unsaturated/α-hetero) is 2. The highest BCUT2D eigenvalue weighted by Crippen LogP contribution is 2.60. The number of nitrogens with zero attached hydrogens (tertiary/aromatic N) is 4. The molecule has 9 rings (SSSR count). The van der Waals surface area contributed by atoms with Crippen molar-refractivity contribution in [3.63, 3.8) is 0 Å². The predicted molar refractivity (Wildman–Crippen MR) is 213 cm³/mol. The topological polar surface area (TPSA) is 90.4 Å². The van der Waals surface area contributed by atoms with Crippen molar-refractivity contribution in [1.82, 2.24) is 0 Å². The minimum atomic E-state index is -0.341. The van der Waals surface area contributed by atoms with E-state index in [1.54, 1.807) is 59.1 Å². The molecule has 4 aliphatic rings. The molecule has 2 aromatic heterocycles. The van der Waals surface area contributed by atoms with E-state index in [4.69, 9.17) is 13.1 Å². The Morgan fingerprint density at radius 2 is 0.963 bits per heavy atom. The lowest BCUT2D eigenvalue weighted by molar-refractivity contribution is 0.103. The number of benzene rings is 3. The van der Waals surface area contributed by atoms with Gasteiger partial charge in [0.25, 0.3) is 11.4 Å². The maximum atomic E-state index is 13.6. The van der Waals surface area contributed by atoms with Gasteiger partial charge in [-0.25, -0.2) is 20.2 Å². The summed E-state index contributed by atoms with van der Waals surface area (Å²) in [7, 11) is 0. The molecule has 0 saturated carbocycles. The number of thiophene rings is 2. The number of nitriles is 2. The van der Waals surface area contributed by atoms with Gasteiger partial charge in [-0.1, -0.05) is 76.2 Å². The third-order valence-corrected chi connectivity index (χ3v) is 13.5. The summed E-state index contributed by atoms with van der Waals surface area (Å²) in [6, 6.07) is 27.2. The predicted octanol–water partition coefficient (Wildman–Crippen LogP) is 11.3. The number of carbonyl (C=O) groups is 2. The fourth-order valence-electron chi connectivity index (χ4n) is 8.54. The van der Waals surface area contributed by atoms with Crippen LogP contribution in [0.5, 0.6) is 0 Å². The van der Waals surface area contributed by atoms with Gasteiger partial charge < -0.3 is 0 Å². The molecule has 0 aliphatic heterocycles. The van der Waals surface area contributed by atoms with Crippen LogP contribution in [0.3, 0.4) is 0 Å². The fraction of sp³-hybridized carbons (Fsp3) is 0.130. The van der Waals surface area contributed by atoms with E-state index in [9.17, 15) is 20.1 Å². The number of allylic oxidation sites excluding steroid dienone is 6. The van der Waals surface area contributed by atoms with Crippen molar-refractivity contribution in [2.24, 2.45) is 0 Å². The molecule has 0 amide bonds. The van der Waals surface area contributed by atoms with E-state index in [1.807, 2.05) is 36.4 Å². The largest absolute Gasteiger partial charge is 0.289 e. The molecule has 0 saturated heterocycles. The molecule has 0 unspecified atom stereocenters. The second-order valence-electron chi connectivity index (χ2n) is 14.7. The first-order valence-corrected chi connectivity index (χ1v) is 18.8. The lowest BCUT2D eigenvalue weighted by Gasteiger charge is -2.24. The van der Waals surface area contributed by atoms with Crippen LogP contribution < -0.4 is 0 Å². The van der Waals surface area contributed by atoms with E-state index in [-0.39, 0.29) is 33.8 Å². The van der Waals surface area contributed by atoms with E-state index < -0.39 is 0 Å². The number of hydrogen-bond donors (Lipinski definition) is 0. The second-order valence-corrected chi connectivity index (χ2v) is 16.9. The first-order valence-electron chi connectivity index (χ1n) is 17.2. The van der Waals surface area contributed by atoms with Gasteiger partial charge in [-0.2, -0.15) is 0 Å². The number of hydrogen-bond acceptors (Lipinski definition) is 6. The highest BCUT2D eigenvalue weighted by molar-refractivity contribution is 7.17. The fourth-order valence-corrected chi connectivity index (χ4v) is 11.1. The molecule has 8 heteroatoms. The van der Waals surface area contributed by atoms with Gasteiger partial charge in [-0.05, 0) is 80.9 Å². The Morgan fingerprint density at radius 1 is 0.593 bits per heavy atom. The van der Waals surface area contributed by atoms with Crippen molar-refractivity contribution in [2.45, 2.75) is 38.5 Å². The van der Waals surface area contributed by atoms with Gasteiger partial charge in [-0.15, -0.1) is 22.7 Å². The van der Waals surface area contributed by atoms with Crippen LogP contribution in [0.25, 0.3) is 53.9 Å². The van der Waals surface area contributed by atoms with E-state index in [1.165, 1.54) is 22.3 Å². The van der Waals surface area contributed by atoms with Gasteiger partial charge in [0.15, 0.2) is 11.6 Å². The van der Waals surface area contributed by atoms with Gasteiger partial charge in [0.05, 0.1) is 25.3 Å². The summed E-state index contributed by atoms with van der Waals surface area (Å²) in [6.45, 7) is 24.2. The normalized spacial score (nSPS) is 19.6. The quantitative estimate of drug-likeness (QED) is 0.103.